The van der Waals surface area contributed by atoms with Gasteiger partial charge in [-0.05, 0) is 12.1 Å². The first kappa shape index (κ1) is 16.4. The summed E-state index contributed by atoms with van der Waals surface area (Å²) in [7, 11) is -1.31. The van der Waals surface area contributed by atoms with Crippen molar-refractivity contribution in [2.75, 3.05) is 18.9 Å². The van der Waals surface area contributed by atoms with Crippen molar-refractivity contribution in [1.82, 2.24) is 9.97 Å². The monoisotopic (exact) mass is 340 g/mol. The predicted molar refractivity (Wildman–Crippen MR) is 79.0 cm³/mol. The largest absolute Gasteiger partial charge is 0.479 e. The van der Waals surface area contributed by atoms with Crippen molar-refractivity contribution in [1.29, 1.82) is 0 Å². The number of hydrogen-bond acceptors (Lipinski definition) is 8. The van der Waals surface area contributed by atoms with E-state index in [1.807, 2.05) is 0 Å². The minimum absolute atomic E-state index is 0.00616. The number of ether oxygens (including phenoxy) is 2. The Morgan fingerprint density at radius 1 is 1.17 bits per heavy atom. The Kier molecular flexibility index (Phi) is 4.60. The number of nitro groups is 1. The predicted octanol–water partition coefficient (Wildman–Crippen LogP) is 1.20. The van der Waals surface area contributed by atoms with Crippen molar-refractivity contribution in [3.05, 3.63) is 40.6 Å². The number of nitrogens with zero attached hydrogens (tertiary/aromatic N) is 3. The molecule has 1 heterocycles. The second-order valence-corrected chi connectivity index (χ2v) is 5.82. The minimum Gasteiger partial charge on any atom is -0.479 e. The molecule has 0 amide bonds. The molecular weight excluding hydrogens is 328 g/mol. The quantitative estimate of drug-likeness (QED) is 0.612. The van der Waals surface area contributed by atoms with Crippen molar-refractivity contribution in [2.45, 2.75) is 4.90 Å². The lowest BCUT2D eigenvalue weighted by Crippen LogP contribution is -2.14. The van der Waals surface area contributed by atoms with Gasteiger partial charge in [0.1, 0.15) is 5.69 Å². The number of non-ortho nitro benzene ring substituents is 1. The molecule has 0 atom stereocenters. The van der Waals surface area contributed by atoms with Gasteiger partial charge in [-0.25, -0.2) is 13.4 Å². The summed E-state index contributed by atoms with van der Waals surface area (Å²) in [4.78, 5) is 17.5. The fourth-order valence-electron chi connectivity index (χ4n) is 1.63. The summed E-state index contributed by atoms with van der Waals surface area (Å²) in [6.07, 6.45) is 1.19. The highest BCUT2D eigenvalue weighted by Gasteiger charge is 2.19. The van der Waals surface area contributed by atoms with Crippen LogP contribution < -0.4 is 14.2 Å². The van der Waals surface area contributed by atoms with Gasteiger partial charge in [-0.2, -0.15) is 4.98 Å². The molecule has 1 aromatic carbocycles. The van der Waals surface area contributed by atoms with Crippen LogP contribution in [0.3, 0.4) is 0 Å². The number of methoxy groups -OCH3 is 2. The normalized spacial score (nSPS) is 10.9. The number of hydrogen-bond donors (Lipinski definition) is 1. The van der Waals surface area contributed by atoms with Crippen molar-refractivity contribution < 1.29 is 22.8 Å². The lowest BCUT2D eigenvalue weighted by atomic mass is 10.3. The van der Waals surface area contributed by atoms with Crippen LogP contribution in [-0.4, -0.2) is 37.5 Å². The van der Waals surface area contributed by atoms with Crippen LogP contribution in [0, 0.1) is 10.1 Å². The van der Waals surface area contributed by atoms with E-state index in [-0.39, 0.29) is 28.2 Å². The summed E-state index contributed by atoms with van der Waals surface area (Å²) in [5.41, 5.74) is -0.207. The highest BCUT2D eigenvalue weighted by Crippen LogP contribution is 2.26. The van der Waals surface area contributed by atoms with Gasteiger partial charge in [0.15, 0.2) is 0 Å². The molecule has 0 aliphatic carbocycles. The SMILES string of the molecule is COc1ncc(NS(=O)(=O)c2ccc([N+](=O)[O-])cc2)c(OC)n1. The van der Waals surface area contributed by atoms with Crippen LogP contribution in [0.15, 0.2) is 35.4 Å². The molecule has 0 unspecified atom stereocenters. The molecule has 0 spiro atoms. The van der Waals surface area contributed by atoms with Gasteiger partial charge in [0.05, 0.1) is 30.2 Å². The Hall–Kier alpha value is -2.95. The third kappa shape index (κ3) is 3.63. The van der Waals surface area contributed by atoms with Crippen molar-refractivity contribution >= 4 is 21.4 Å². The molecule has 1 N–H and O–H groups in total. The van der Waals surface area contributed by atoms with E-state index in [1.165, 1.54) is 20.4 Å². The number of nitrogens with one attached hydrogen (secondary N) is 1. The van der Waals surface area contributed by atoms with Crippen LogP contribution in [0.2, 0.25) is 0 Å². The Morgan fingerprint density at radius 3 is 2.35 bits per heavy atom. The number of nitro benzene ring substituents is 1. The zero-order valence-electron chi connectivity index (χ0n) is 12.1. The Labute approximate surface area is 131 Å². The van der Waals surface area contributed by atoms with E-state index in [4.69, 9.17) is 9.47 Å². The number of sulfonamides is 1. The van der Waals surface area contributed by atoms with E-state index >= 15 is 0 Å². The lowest BCUT2D eigenvalue weighted by Gasteiger charge is -2.11. The van der Waals surface area contributed by atoms with Crippen LogP contribution in [0.5, 0.6) is 11.9 Å². The molecule has 11 heteroatoms. The van der Waals surface area contributed by atoms with Crippen LogP contribution in [-0.2, 0) is 10.0 Å². The zero-order valence-corrected chi connectivity index (χ0v) is 12.9. The first-order chi connectivity index (χ1) is 10.9. The van der Waals surface area contributed by atoms with Gasteiger partial charge in [0, 0.05) is 12.1 Å². The second kappa shape index (κ2) is 6.44. The molecular formula is C12H12N4O6S. The summed E-state index contributed by atoms with van der Waals surface area (Å²) in [5.74, 6) is -0.0256. The Balaban J connectivity index is 2.32. The zero-order chi connectivity index (χ0) is 17.0. The van der Waals surface area contributed by atoms with Crippen molar-refractivity contribution in [3.63, 3.8) is 0 Å². The molecule has 0 fully saturated rings. The van der Waals surface area contributed by atoms with Crippen LogP contribution in [0.4, 0.5) is 11.4 Å². The Bertz CT molecular complexity index is 822. The van der Waals surface area contributed by atoms with E-state index in [2.05, 4.69) is 14.7 Å². The van der Waals surface area contributed by atoms with E-state index in [1.54, 1.807) is 0 Å². The maximum absolute atomic E-state index is 12.3. The number of benzene rings is 1. The molecule has 122 valence electrons. The maximum atomic E-state index is 12.3. The third-order valence-electron chi connectivity index (χ3n) is 2.71. The van der Waals surface area contributed by atoms with E-state index in [0.717, 1.165) is 24.3 Å². The molecule has 0 saturated carbocycles. The molecule has 0 aliphatic heterocycles. The van der Waals surface area contributed by atoms with Gasteiger partial charge < -0.3 is 9.47 Å². The highest BCUT2D eigenvalue weighted by atomic mass is 32.2. The molecule has 0 radical (unpaired) electrons. The number of rotatable bonds is 6. The smallest absolute Gasteiger partial charge is 0.319 e. The molecule has 0 bridgehead atoms. The van der Waals surface area contributed by atoms with Crippen LogP contribution >= 0.6 is 0 Å². The molecule has 2 rings (SSSR count). The molecule has 23 heavy (non-hydrogen) atoms. The average Bonchev–Trinajstić information content (AvgIpc) is 2.55. The van der Waals surface area contributed by atoms with Crippen LogP contribution in [0.25, 0.3) is 0 Å². The van der Waals surface area contributed by atoms with Gasteiger partial charge in [-0.3, -0.25) is 14.8 Å². The van der Waals surface area contributed by atoms with Gasteiger partial charge in [-0.1, -0.05) is 0 Å². The third-order valence-corrected chi connectivity index (χ3v) is 4.09. The van der Waals surface area contributed by atoms with Gasteiger partial charge in [0.25, 0.3) is 15.7 Å². The second-order valence-electron chi connectivity index (χ2n) is 4.14. The fourth-order valence-corrected chi connectivity index (χ4v) is 2.67. The minimum atomic E-state index is -3.98. The fraction of sp³-hybridized carbons (Fsp3) is 0.167. The van der Waals surface area contributed by atoms with E-state index in [0.29, 0.717) is 0 Å². The summed E-state index contributed by atoms with van der Waals surface area (Å²) in [6, 6.07) is 4.45. The first-order valence-electron chi connectivity index (χ1n) is 6.09. The number of aromatic nitrogens is 2. The van der Waals surface area contributed by atoms with Crippen LogP contribution in [0.1, 0.15) is 0 Å². The maximum Gasteiger partial charge on any atom is 0.319 e. The topological polar surface area (TPSA) is 134 Å². The summed E-state index contributed by atoms with van der Waals surface area (Å²) in [5, 5.41) is 10.6. The summed E-state index contributed by atoms with van der Waals surface area (Å²) in [6.45, 7) is 0. The number of anilines is 1. The van der Waals surface area contributed by atoms with E-state index in [9.17, 15) is 18.5 Å². The average molecular weight is 340 g/mol. The summed E-state index contributed by atoms with van der Waals surface area (Å²) >= 11 is 0. The van der Waals surface area contributed by atoms with Gasteiger partial charge in [-0.15, -0.1) is 0 Å². The molecule has 2 aromatic rings. The van der Waals surface area contributed by atoms with E-state index < -0.39 is 14.9 Å². The first-order valence-corrected chi connectivity index (χ1v) is 7.58. The molecule has 0 aliphatic rings. The highest BCUT2D eigenvalue weighted by molar-refractivity contribution is 7.92. The lowest BCUT2D eigenvalue weighted by molar-refractivity contribution is -0.384. The Morgan fingerprint density at radius 2 is 1.83 bits per heavy atom. The van der Waals surface area contributed by atoms with Gasteiger partial charge in [0.2, 0.25) is 5.88 Å². The molecule has 0 saturated heterocycles. The van der Waals surface area contributed by atoms with Gasteiger partial charge >= 0.3 is 6.01 Å². The van der Waals surface area contributed by atoms with Crippen molar-refractivity contribution in [3.8, 4) is 11.9 Å². The summed E-state index contributed by atoms with van der Waals surface area (Å²) < 4.78 is 36.6. The molecule has 10 nitrogen and oxygen atoms in total. The standard InChI is InChI=1S/C12H12N4O6S/c1-21-11-10(7-13-12(14-11)22-2)15-23(19,20)9-5-3-8(4-6-9)16(17)18/h3-7,15H,1-2H3. The van der Waals surface area contributed by atoms with Crippen molar-refractivity contribution in [2.24, 2.45) is 0 Å². The molecule has 1 aromatic heterocycles.